The van der Waals surface area contributed by atoms with Crippen molar-refractivity contribution < 1.29 is 14.2 Å². The molecule has 0 spiro atoms. The smallest absolute Gasteiger partial charge is 0.0857 e. The number of ether oxygens (including phenoxy) is 3. The second-order valence-corrected chi connectivity index (χ2v) is 3.79. The topological polar surface area (TPSA) is 27.7 Å². The zero-order valence-electron chi connectivity index (χ0n) is 9.53. The van der Waals surface area contributed by atoms with Crippen molar-refractivity contribution >= 4 is 0 Å². The van der Waals surface area contributed by atoms with E-state index in [1.165, 1.54) is 0 Å². The van der Waals surface area contributed by atoms with E-state index in [-0.39, 0.29) is 18.3 Å². The van der Waals surface area contributed by atoms with E-state index in [9.17, 15) is 0 Å². The van der Waals surface area contributed by atoms with Gasteiger partial charge in [-0.05, 0) is 18.8 Å². The van der Waals surface area contributed by atoms with Gasteiger partial charge < -0.3 is 14.2 Å². The minimum Gasteiger partial charge on any atom is -0.381 e. The molecule has 3 heteroatoms. The Kier molecular flexibility index (Phi) is 4.85. The average Bonchev–Trinajstić information content (AvgIpc) is 2.26. The number of hydrogen-bond acceptors (Lipinski definition) is 3. The van der Waals surface area contributed by atoms with Crippen molar-refractivity contribution in [3.8, 4) is 0 Å². The second kappa shape index (κ2) is 5.69. The molecular formula is C11H21O3. The van der Waals surface area contributed by atoms with Gasteiger partial charge in [0.25, 0.3) is 0 Å². The summed E-state index contributed by atoms with van der Waals surface area (Å²) in [7, 11) is 5.25. The third-order valence-corrected chi connectivity index (χ3v) is 3.20. The van der Waals surface area contributed by atoms with E-state index < -0.39 is 0 Å². The standard InChI is InChI=1S/C11H21O3/c1-5-8-6-10(13-3)11(14-4)7-9(8)12-2/h5,8-11H,6-7H2,1-4H3. The van der Waals surface area contributed by atoms with Crippen molar-refractivity contribution in [1.82, 2.24) is 0 Å². The van der Waals surface area contributed by atoms with Gasteiger partial charge in [0.2, 0.25) is 0 Å². The van der Waals surface area contributed by atoms with Crippen LogP contribution < -0.4 is 0 Å². The van der Waals surface area contributed by atoms with Gasteiger partial charge in [-0.25, -0.2) is 0 Å². The van der Waals surface area contributed by atoms with Gasteiger partial charge in [-0.3, -0.25) is 0 Å². The van der Waals surface area contributed by atoms with Crippen molar-refractivity contribution in [3.05, 3.63) is 6.42 Å². The predicted molar refractivity (Wildman–Crippen MR) is 55.1 cm³/mol. The van der Waals surface area contributed by atoms with Crippen LogP contribution in [0.5, 0.6) is 0 Å². The highest BCUT2D eigenvalue weighted by Crippen LogP contribution is 2.31. The van der Waals surface area contributed by atoms with Gasteiger partial charge in [0, 0.05) is 27.8 Å². The molecule has 0 N–H and O–H groups in total. The predicted octanol–water partition coefficient (Wildman–Crippen LogP) is 1.67. The van der Waals surface area contributed by atoms with Crippen LogP contribution in [0, 0.1) is 12.3 Å². The van der Waals surface area contributed by atoms with Crippen LogP contribution in [0.1, 0.15) is 19.8 Å². The molecule has 0 aliphatic heterocycles. The van der Waals surface area contributed by atoms with Crippen LogP contribution in [0.25, 0.3) is 0 Å². The fraction of sp³-hybridized carbons (Fsp3) is 0.909. The summed E-state index contributed by atoms with van der Waals surface area (Å²) >= 11 is 0. The van der Waals surface area contributed by atoms with E-state index in [4.69, 9.17) is 14.2 Å². The third-order valence-electron chi connectivity index (χ3n) is 3.20. The second-order valence-electron chi connectivity index (χ2n) is 3.79. The summed E-state index contributed by atoms with van der Waals surface area (Å²) in [5, 5.41) is 0. The lowest BCUT2D eigenvalue weighted by Gasteiger charge is -2.38. The summed E-state index contributed by atoms with van der Waals surface area (Å²) in [6.45, 7) is 2.08. The molecule has 0 saturated heterocycles. The minimum absolute atomic E-state index is 0.168. The Hall–Kier alpha value is -0.120. The Morgan fingerprint density at radius 3 is 1.79 bits per heavy atom. The van der Waals surface area contributed by atoms with E-state index in [2.05, 4.69) is 13.3 Å². The molecule has 0 amide bonds. The van der Waals surface area contributed by atoms with Crippen LogP contribution >= 0.6 is 0 Å². The Morgan fingerprint density at radius 1 is 0.857 bits per heavy atom. The highest BCUT2D eigenvalue weighted by atomic mass is 16.5. The van der Waals surface area contributed by atoms with Gasteiger partial charge in [-0.15, -0.1) is 0 Å². The van der Waals surface area contributed by atoms with Crippen LogP contribution in [0.4, 0.5) is 0 Å². The maximum absolute atomic E-state index is 5.45. The first kappa shape index (κ1) is 12.0. The average molecular weight is 201 g/mol. The molecule has 3 nitrogen and oxygen atoms in total. The fourth-order valence-electron chi connectivity index (χ4n) is 2.25. The highest BCUT2D eigenvalue weighted by molar-refractivity contribution is 4.92. The molecule has 1 fully saturated rings. The van der Waals surface area contributed by atoms with Crippen LogP contribution in [0.3, 0.4) is 0 Å². The summed E-state index contributed by atoms with van der Waals surface area (Å²) in [6.07, 6.45) is 4.75. The fourth-order valence-corrected chi connectivity index (χ4v) is 2.25. The molecule has 4 atom stereocenters. The first-order chi connectivity index (χ1) is 6.76. The van der Waals surface area contributed by atoms with E-state index in [0.717, 1.165) is 12.8 Å². The third kappa shape index (κ3) is 2.47. The van der Waals surface area contributed by atoms with Crippen LogP contribution in [-0.4, -0.2) is 39.6 Å². The molecule has 0 aromatic carbocycles. The summed E-state index contributed by atoms with van der Waals surface area (Å²) in [4.78, 5) is 0. The van der Waals surface area contributed by atoms with E-state index in [1.807, 2.05) is 0 Å². The van der Waals surface area contributed by atoms with Gasteiger partial charge in [-0.1, -0.05) is 6.92 Å². The van der Waals surface area contributed by atoms with Crippen molar-refractivity contribution in [2.75, 3.05) is 21.3 Å². The maximum atomic E-state index is 5.45. The first-order valence-electron chi connectivity index (χ1n) is 5.14. The highest BCUT2D eigenvalue weighted by Gasteiger charge is 2.36. The first-order valence-corrected chi connectivity index (χ1v) is 5.14. The van der Waals surface area contributed by atoms with E-state index >= 15 is 0 Å². The summed E-state index contributed by atoms with van der Waals surface area (Å²) in [5.41, 5.74) is 0. The van der Waals surface area contributed by atoms with Crippen molar-refractivity contribution in [2.45, 2.75) is 38.1 Å². The largest absolute Gasteiger partial charge is 0.381 e. The van der Waals surface area contributed by atoms with Gasteiger partial charge in [0.1, 0.15) is 0 Å². The zero-order chi connectivity index (χ0) is 10.6. The van der Waals surface area contributed by atoms with Gasteiger partial charge in [-0.2, -0.15) is 0 Å². The van der Waals surface area contributed by atoms with Gasteiger partial charge in [0.05, 0.1) is 18.3 Å². The van der Waals surface area contributed by atoms with Crippen molar-refractivity contribution in [1.29, 1.82) is 0 Å². The molecule has 0 heterocycles. The van der Waals surface area contributed by atoms with Crippen LogP contribution in [-0.2, 0) is 14.2 Å². The molecule has 0 aromatic rings. The SMILES string of the molecule is C[CH]C1CC(OC)C(OC)CC1OC. The lowest BCUT2D eigenvalue weighted by Crippen LogP contribution is -2.44. The molecule has 1 saturated carbocycles. The molecule has 1 radical (unpaired) electrons. The maximum Gasteiger partial charge on any atom is 0.0857 e. The van der Waals surface area contributed by atoms with Crippen molar-refractivity contribution in [2.24, 2.45) is 5.92 Å². The van der Waals surface area contributed by atoms with E-state index in [0.29, 0.717) is 5.92 Å². The Labute approximate surface area is 86.7 Å². The Balaban J connectivity index is 2.59. The molecular weight excluding hydrogens is 180 g/mol. The van der Waals surface area contributed by atoms with Crippen LogP contribution in [0.15, 0.2) is 0 Å². The Morgan fingerprint density at radius 2 is 1.36 bits per heavy atom. The molecule has 1 aliphatic carbocycles. The molecule has 0 aromatic heterocycles. The summed E-state index contributed by atoms with van der Waals surface area (Å²) in [6, 6.07) is 0. The quantitative estimate of drug-likeness (QED) is 0.692. The molecule has 4 unspecified atom stereocenters. The molecule has 14 heavy (non-hydrogen) atoms. The van der Waals surface area contributed by atoms with Gasteiger partial charge in [0.15, 0.2) is 0 Å². The molecule has 1 rings (SSSR count). The van der Waals surface area contributed by atoms with Crippen molar-refractivity contribution in [3.63, 3.8) is 0 Å². The zero-order valence-corrected chi connectivity index (χ0v) is 9.53. The van der Waals surface area contributed by atoms with Gasteiger partial charge >= 0.3 is 0 Å². The molecule has 83 valence electrons. The normalized spacial score (nSPS) is 38.6. The lowest BCUT2D eigenvalue weighted by atomic mass is 9.81. The lowest BCUT2D eigenvalue weighted by molar-refractivity contribution is -0.110. The minimum atomic E-state index is 0.168. The summed E-state index contributed by atoms with van der Waals surface area (Å²) in [5.74, 6) is 0.483. The Bertz CT molecular complexity index is 127. The number of hydrogen-bond donors (Lipinski definition) is 0. The molecule has 0 bridgehead atoms. The van der Waals surface area contributed by atoms with E-state index in [1.54, 1.807) is 21.3 Å². The van der Waals surface area contributed by atoms with Crippen LogP contribution in [0.2, 0.25) is 0 Å². The molecule has 1 aliphatic rings. The number of rotatable bonds is 4. The monoisotopic (exact) mass is 201 g/mol. The summed E-state index contributed by atoms with van der Waals surface area (Å²) < 4.78 is 16.3. The number of methoxy groups -OCH3 is 3.